The molecule has 0 fully saturated rings. The molecule has 3 rings (SSSR count). The van der Waals surface area contributed by atoms with Crippen LogP contribution in [0.5, 0.6) is 0 Å². The molecule has 3 aromatic rings. The lowest BCUT2D eigenvalue weighted by molar-refractivity contribution is 0.0992. The van der Waals surface area contributed by atoms with Crippen molar-refractivity contribution in [1.82, 2.24) is 0 Å². The average molecular weight is 391 g/mol. The van der Waals surface area contributed by atoms with Crippen molar-refractivity contribution in [3.8, 4) is 0 Å². The van der Waals surface area contributed by atoms with E-state index in [0.29, 0.717) is 21.6 Å². The lowest BCUT2D eigenvalue weighted by Crippen LogP contribution is -2.16. The Labute approximate surface area is 144 Å². The molecule has 2 aromatic heterocycles. The summed E-state index contributed by atoms with van der Waals surface area (Å²) in [4.78, 5) is 24.3. The van der Waals surface area contributed by atoms with Crippen molar-refractivity contribution >= 4 is 50.5 Å². The van der Waals surface area contributed by atoms with Crippen LogP contribution in [0.15, 0.2) is 62.3 Å². The van der Waals surface area contributed by atoms with E-state index < -0.39 is 5.91 Å². The van der Waals surface area contributed by atoms with Crippen LogP contribution in [0.2, 0.25) is 0 Å². The van der Waals surface area contributed by atoms with Crippen LogP contribution in [0.25, 0.3) is 0 Å². The Kier molecular flexibility index (Phi) is 4.59. The van der Waals surface area contributed by atoms with E-state index in [0.717, 1.165) is 0 Å². The third-order valence-corrected chi connectivity index (χ3v) is 4.11. The molecule has 2 N–H and O–H groups in total. The zero-order chi connectivity index (χ0) is 16.2. The van der Waals surface area contributed by atoms with E-state index in [4.69, 9.17) is 4.42 Å². The molecule has 5 nitrogen and oxygen atoms in total. The van der Waals surface area contributed by atoms with Crippen LogP contribution in [0, 0.1) is 0 Å². The van der Waals surface area contributed by atoms with Crippen molar-refractivity contribution in [3.05, 3.63) is 69.2 Å². The third kappa shape index (κ3) is 3.69. The number of thiophene rings is 1. The highest BCUT2D eigenvalue weighted by atomic mass is 79.9. The second-order valence-electron chi connectivity index (χ2n) is 4.57. The Morgan fingerprint density at radius 3 is 2.22 bits per heavy atom. The largest absolute Gasteiger partial charge is 0.444 e. The van der Waals surface area contributed by atoms with Gasteiger partial charge in [-0.05, 0) is 51.6 Å². The molecule has 0 atom stereocenters. The fourth-order valence-corrected chi connectivity index (χ4v) is 2.85. The van der Waals surface area contributed by atoms with Crippen LogP contribution < -0.4 is 10.6 Å². The van der Waals surface area contributed by atoms with E-state index >= 15 is 0 Å². The zero-order valence-electron chi connectivity index (χ0n) is 11.7. The van der Waals surface area contributed by atoms with Gasteiger partial charge in [-0.1, -0.05) is 12.1 Å². The standard InChI is InChI=1S/C16H11BrN2O3S/c17-14-6-5-13(22-14)16(21)19-12-4-2-1-3-11(12)18-15(20)10-7-8-23-9-10/h1-9H,(H,18,20)(H,19,21). The summed E-state index contributed by atoms with van der Waals surface area (Å²) >= 11 is 4.60. The molecule has 0 aliphatic heterocycles. The van der Waals surface area contributed by atoms with Gasteiger partial charge in [-0.2, -0.15) is 11.3 Å². The first kappa shape index (κ1) is 15.5. The molecule has 0 unspecified atom stereocenters. The minimum absolute atomic E-state index is 0.177. The Morgan fingerprint density at radius 1 is 0.957 bits per heavy atom. The van der Waals surface area contributed by atoms with Crippen LogP contribution in [0.4, 0.5) is 11.4 Å². The first-order chi connectivity index (χ1) is 11.1. The van der Waals surface area contributed by atoms with E-state index in [2.05, 4.69) is 26.6 Å². The molecule has 0 aliphatic rings. The number of halogens is 1. The molecule has 0 radical (unpaired) electrons. The zero-order valence-corrected chi connectivity index (χ0v) is 14.1. The number of furan rings is 1. The molecule has 116 valence electrons. The highest BCUT2D eigenvalue weighted by molar-refractivity contribution is 9.10. The predicted octanol–water partition coefficient (Wildman–Crippen LogP) is 4.61. The van der Waals surface area contributed by atoms with Gasteiger partial charge < -0.3 is 15.1 Å². The number of nitrogens with one attached hydrogen (secondary N) is 2. The Bertz CT molecular complexity index is 843. The van der Waals surface area contributed by atoms with Crippen LogP contribution in [0.1, 0.15) is 20.9 Å². The average Bonchev–Trinajstić information content (AvgIpc) is 3.20. The second kappa shape index (κ2) is 6.80. The van der Waals surface area contributed by atoms with Gasteiger partial charge >= 0.3 is 0 Å². The maximum Gasteiger partial charge on any atom is 0.291 e. The summed E-state index contributed by atoms with van der Waals surface area (Å²) in [5.74, 6) is -0.447. The number of rotatable bonds is 4. The molecule has 0 saturated carbocycles. The van der Waals surface area contributed by atoms with E-state index in [9.17, 15) is 9.59 Å². The molecular formula is C16H11BrN2O3S. The molecule has 1 aromatic carbocycles. The van der Waals surface area contributed by atoms with Gasteiger partial charge in [-0.3, -0.25) is 9.59 Å². The molecule has 0 spiro atoms. The third-order valence-electron chi connectivity index (χ3n) is 3.00. The summed E-state index contributed by atoms with van der Waals surface area (Å²) in [5.41, 5.74) is 1.59. The highest BCUT2D eigenvalue weighted by Gasteiger charge is 2.14. The summed E-state index contributed by atoms with van der Waals surface area (Å²) in [6.07, 6.45) is 0. The topological polar surface area (TPSA) is 71.3 Å². The summed E-state index contributed by atoms with van der Waals surface area (Å²) < 4.78 is 5.69. The maximum atomic E-state index is 12.2. The van der Waals surface area contributed by atoms with Gasteiger partial charge in [0.15, 0.2) is 10.4 Å². The Morgan fingerprint density at radius 2 is 1.65 bits per heavy atom. The predicted molar refractivity (Wildman–Crippen MR) is 93.1 cm³/mol. The van der Waals surface area contributed by atoms with Gasteiger partial charge in [0.05, 0.1) is 16.9 Å². The Hall–Kier alpha value is -2.38. The van der Waals surface area contributed by atoms with Crippen molar-refractivity contribution < 1.29 is 14.0 Å². The quantitative estimate of drug-likeness (QED) is 0.683. The molecule has 23 heavy (non-hydrogen) atoms. The molecule has 0 saturated heterocycles. The van der Waals surface area contributed by atoms with E-state index in [1.54, 1.807) is 47.8 Å². The van der Waals surface area contributed by atoms with Gasteiger partial charge in [0.2, 0.25) is 0 Å². The fourth-order valence-electron chi connectivity index (χ4n) is 1.91. The lowest BCUT2D eigenvalue weighted by atomic mass is 10.2. The highest BCUT2D eigenvalue weighted by Crippen LogP contribution is 2.23. The van der Waals surface area contributed by atoms with E-state index in [-0.39, 0.29) is 11.7 Å². The number of hydrogen-bond acceptors (Lipinski definition) is 4. The number of carbonyl (C=O) groups is 2. The molecule has 2 heterocycles. The number of carbonyl (C=O) groups excluding carboxylic acids is 2. The number of amides is 2. The van der Waals surface area contributed by atoms with Crippen LogP contribution >= 0.6 is 27.3 Å². The normalized spacial score (nSPS) is 10.3. The fraction of sp³-hybridized carbons (Fsp3) is 0. The minimum atomic E-state index is -0.395. The van der Waals surface area contributed by atoms with Crippen molar-refractivity contribution in [2.45, 2.75) is 0 Å². The molecular weight excluding hydrogens is 380 g/mol. The van der Waals surface area contributed by atoms with Gasteiger partial charge in [0, 0.05) is 5.38 Å². The number of anilines is 2. The van der Waals surface area contributed by atoms with Crippen LogP contribution in [-0.2, 0) is 0 Å². The van der Waals surface area contributed by atoms with Gasteiger partial charge in [-0.25, -0.2) is 0 Å². The first-order valence-corrected chi connectivity index (χ1v) is 8.36. The van der Waals surface area contributed by atoms with Crippen LogP contribution in [0.3, 0.4) is 0 Å². The molecule has 0 bridgehead atoms. The van der Waals surface area contributed by atoms with Crippen molar-refractivity contribution in [1.29, 1.82) is 0 Å². The number of para-hydroxylation sites is 2. The number of benzene rings is 1. The summed E-state index contributed by atoms with van der Waals surface area (Å²) in [5, 5.41) is 9.10. The molecule has 0 aliphatic carbocycles. The van der Waals surface area contributed by atoms with Crippen molar-refractivity contribution in [3.63, 3.8) is 0 Å². The van der Waals surface area contributed by atoms with Gasteiger partial charge in [0.25, 0.3) is 11.8 Å². The van der Waals surface area contributed by atoms with Crippen molar-refractivity contribution in [2.24, 2.45) is 0 Å². The smallest absolute Gasteiger partial charge is 0.291 e. The first-order valence-electron chi connectivity index (χ1n) is 6.63. The molecule has 7 heteroatoms. The summed E-state index contributed by atoms with van der Waals surface area (Å²) in [6.45, 7) is 0. The minimum Gasteiger partial charge on any atom is -0.444 e. The van der Waals surface area contributed by atoms with Gasteiger partial charge in [0.1, 0.15) is 0 Å². The van der Waals surface area contributed by atoms with Crippen molar-refractivity contribution in [2.75, 3.05) is 10.6 Å². The van der Waals surface area contributed by atoms with E-state index in [1.165, 1.54) is 11.3 Å². The summed E-state index contributed by atoms with van der Waals surface area (Å²) in [7, 11) is 0. The lowest BCUT2D eigenvalue weighted by Gasteiger charge is -2.11. The maximum absolute atomic E-state index is 12.2. The number of hydrogen-bond donors (Lipinski definition) is 2. The monoisotopic (exact) mass is 390 g/mol. The Balaban J connectivity index is 1.78. The van der Waals surface area contributed by atoms with E-state index in [1.807, 2.05) is 5.38 Å². The SMILES string of the molecule is O=C(Nc1ccccc1NC(=O)c1ccc(Br)o1)c1ccsc1. The summed E-state index contributed by atoms with van der Waals surface area (Å²) in [6, 6.07) is 11.9. The van der Waals surface area contributed by atoms with Crippen LogP contribution in [-0.4, -0.2) is 11.8 Å². The second-order valence-corrected chi connectivity index (χ2v) is 6.13. The molecule has 2 amide bonds. The van der Waals surface area contributed by atoms with Gasteiger partial charge in [-0.15, -0.1) is 0 Å².